The van der Waals surface area contributed by atoms with E-state index in [1.807, 2.05) is 13.2 Å². The zero-order valence-electron chi connectivity index (χ0n) is 14.6. The molecule has 1 unspecified atom stereocenters. The number of aryl methyl sites for hydroxylation is 1. The van der Waals surface area contributed by atoms with Crippen molar-refractivity contribution in [1.82, 2.24) is 29.5 Å². The topological polar surface area (TPSA) is 79.2 Å². The molecule has 3 rings (SSSR count). The van der Waals surface area contributed by atoms with Gasteiger partial charge in [-0.1, -0.05) is 0 Å². The maximum absolute atomic E-state index is 12.9. The van der Waals surface area contributed by atoms with Gasteiger partial charge in [-0.3, -0.25) is 14.4 Å². The molecule has 1 aliphatic heterocycles. The lowest BCUT2D eigenvalue weighted by atomic mass is 10.2. The minimum atomic E-state index is -0.451. The first kappa shape index (κ1) is 17.3. The van der Waals surface area contributed by atoms with Crippen molar-refractivity contribution in [2.24, 2.45) is 7.05 Å². The molecular weight excluding hydrogens is 325 g/mol. The predicted molar refractivity (Wildman–Crippen MR) is 90.5 cm³/mol. The minimum absolute atomic E-state index is 0.0933. The first-order valence-electron chi connectivity index (χ1n) is 8.13. The smallest absolute Gasteiger partial charge is 0.274 e. The van der Waals surface area contributed by atoms with Gasteiger partial charge in [-0.15, -0.1) is 0 Å². The Bertz CT molecular complexity index is 743. The second-order valence-corrected chi connectivity index (χ2v) is 6.47. The molecule has 134 valence electrons. The van der Waals surface area contributed by atoms with E-state index in [0.717, 1.165) is 37.5 Å². The van der Waals surface area contributed by atoms with E-state index in [-0.39, 0.29) is 11.9 Å². The van der Waals surface area contributed by atoms with E-state index >= 15 is 0 Å². The molecule has 2 aromatic heterocycles. The van der Waals surface area contributed by atoms with Gasteiger partial charge in [0.2, 0.25) is 5.95 Å². The van der Waals surface area contributed by atoms with Gasteiger partial charge in [-0.2, -0.15) is 5.10 Å². The van der Waals surface area contributed by atoms with Crippen LogP contribution in [-0.2, 0) is 13.6 Å². The van der Waals surface area contributed by atoms with Crippen molar-refractivity contribution in [3.63, 3.8) is 0 Å². The Hall–Kier alpha value is -2.55. The van der Waals surface area contributed by atoms with Gasteiger partial charge in [0.15, 0.2) is 11.5 Å². The molecule has 1 amide bonds. The number of hydrogen-bond donors (Lipinski definition) is 1. The number of likely N-dealkylation sites (tertiary alicyclic amines) is 1. The number of amides is 1. The Morgan fingerprint density at radius 2 is 2.12 bits per heavy atom. The summed E-state index contributed by atoms with van der Waals surface area (Å²) in [5, 5.41) is 7.51. The van der Waals surface area contributed by atoms with Crippen LogP contribution in [0.1, 0.15) is 22.5 Å². The van der Waals surface area contributed by atoms with Crippen molar-refractivity contribution in [1.29, 1.82) is 0 Å². The summed E-state index contributed by atoms with van der Waals surface area (Å²) < 4.78 is 14.5. The van der Waals surface area contributed by atoms with E-state index in [1.165, 1.54) is 4.90 Å². The average molecular weight is 347 g/mol. The Morgan fingerprint density at radius 1 is 1.40 bits per heavy atom. The molecule has 9 heteroatoms. The van der Waals surface area contributed by atoms with Crippen LogP contribution in [0.15, 0.2) is 18.6 Å². The third kappa shape index (κ3) is 4.11. The van der Waals surface area contributed by atoms with Gasteiger partial charge >= 0.3 is 0 Å². The zero-order valence-corrected chi connectivity index (χ0v) is 14.6. The fourth-order valence-corrected chi connectivity index (χ4v) is 2.95. The summed E-state index contributed by atoms with van der Waals surface area (Å²) in [4.78, 5) is 23.9. The molecule has 8 nitrogen and oxygen atoms in total. The second-order valence-electron chi connectivity index (χ2n) is 6.47. The van der Waals surface area contributed by atoms with E-state index in [0.29, 0.717) is 18.2 Å². The number of nitrogens with one attached hydrogen (secondary N) is 1. The van der Waals surface area contributed by atoms with Gasteiger partial charge in [-0.05, 0) is 6.42 Å². The summed E-state index contributed by atoms with van der Waals surface area (Å²) in [7, 11) is 5.26. The monoisotopic (exact) mass is 347 g/mol. The van der Waals surface area contributed by atoms with E-state index < -0.39 is 5.82 Å². The Labute approximate surface area is 145 Å². The Kier molecular flexibility index (Phi) is 4.93. The van der Waals surface area contributed by atoms with Gasteiger partial charge in [-0.25, -0.2) is 14.4 Å². The van der Waals surface area contributed by atoms with E-state index in [4.69, 9.17) is 0 Å². The molecule has 1 saturated heterocycles. The van der Waals surface area contributed by atoms with Gasteiger partial charge in [0.25, 0.3) is 5.91 Å². The number of aromatic nitrogens is 4. The molecule has 1 N–H and O–H groups in total. The Balaban J connectivity index is 1.62. The molecular formula is C16H22FN7O. The molecule has 1 aliphatic rings. The standard InChI is InChI=1S/C16H22FN7O/c1-22(2)15(25)14-11(8-23(3)21-14)9-24-5-4-13(10-24)20-16-18-6-12(17)7-19-16/h6-8,13H,4-5,9-10H2,1-3H3,(H,18,19,20). The van der Waals surface area contributed by atoms with E-state index in [1.54, 1.807) is 18.8 Å². The van der Waals surface area contributed by atoms with Crippen LogP contribution in [0.3, 0.4) is 0 Å². The SMILES string of the molecule is CN(C)C(=O)c1nn(C)cc1CN1CCC(Nc2ncc(F)cn2)C1. The largest absolute Gasteiger partial charge is 0.350 e. The fourth-order valence-electron chi connectivity index (χ4n) is 2.95. The maximum atomic E-state index is 12.9. The first-order chi connectivity index (χ1) is 11.9. The van der Waals surface area contributed by atoms with Crippen molar-refractivity contribution in [3.05, 3.63) is 35.7 Å². The molecule has 1 fully saturated rings. The molecule has 3 heterocycles. The highest BCUT2D eigenvalue weighted by Gasteiger charge is 2.26. The van der Waals surface area contributed by atoms with E-state index in [2.05, 4.69) is 25.3 Å². The number of anilines is 1. The normalized spacial score (nSPS) is 17.7. The molecule has 0 aliphatic carbocycles. The molecule has 0 saturated carbocycles. The predicted octanol–water partition coefficient (Wildman–Crippen LogP) is 0.737. The quantitative estimate of drug-likeness (QED) is 0.859. The lowest BCUT2D eigenvalue weighted by Crippen LogP contribution is -2.28. The van der Waals surface area contributed by atoms with Crippen LogP contribution >= 0.6 is 0 Å². The maximum Gasteiger partial charge on any atom is 0.274 e. The highest BCUT2D eigenvalue weighted by atomic mass is 19.1. The number of hydrogen-bond acceptors (Lipinski definition) is 6. The van der Waals surface area contributed by atoms with Crippen LogP contribution in [0.5, 0.6) is 0 Å². The molecule has 0 bridgehead atoms. The minimum Gasteiger partial charge on any atom is -0.350 e. The van der Waals surface area contributed by atoms with Gasteiger partial charge in [0, 0.05) is 58.6 Å². The summed E-state index contributed by atoms with van der Waals surface area (Å²) in [6, 6.07) is 0.190. The van der Waals surface area contributed by atoms with Crippen molar-refractivity contribution >= 4 is 11.9 Å². The molecule has 0 radical (unpaired) electrons. The number of rotatable bonds is 5. The van der Waals surface area contributed by atoms with Crippen LogP contribution in [-0.4, -0.2) is 68.7 Å². The first-order valence-corrected chi connectivity index (χ1v) is 8.13. The van der Waals surface area contributed by atoms with Gasteiger partial charge < -0.3 is 10.2 Å². The lowest BCUT2D eigenvalue weighted by Gasteiger charge is -2.17. The molecule has 2 aromatic rings. The van der Waals surface area contributed by atoms with Gasteiger partial charge in [0.1, 0.15) is 0 Å². The van der Waals surface area contributed by atoms with Crippen LogP contribution < -0.4 is 5.32 Å². The third-order valence-electron chi connectivity index (χ3n) is 4.13. The number of carbonyl (C=O) groups excluding carboxylic acids is 1. The van der Waals surface area contributed by atoms with Crippen molar-refractivity contribution in [2.75, 3.05) is 32.5 Å². The fraction of sp³-hybridized carbons (Fsp3) is 0.500. The van der Waals surface area contributed by atoms with Gasteiger partial charge in [0.05, 0.1) is 12.4 Å². The summed E-state index contributed by atoms with van der Waals surface area (Å²) in [6.45, 7) is 2.35. The van der Waals surface area contributed by atoms with E-state index in [9.17, 15) is 9.18 Å². The second kappa shape index (κ2) is 7.14. The average Bonchev–Trinajstić information content (AvgIpc) is 3.15. The lowest BCUT2D eigenvalue weighted by molar-refractivity contribution is 0.0819. The molecule has 0 spiro atoms. The molecule has 0 aromatic carbocycles. The van der Waals surface area contributed by atoms with Crippen LogP contribution in [0.25, 0.3) is 0 Å². The van der Waals surface area contributed by atoms with Crippen LogP contribution in [0.2, 0.25) is 0 Å². The summed E-state index contributed by atoms with van der Waals surface area (Å²) in [5.41, 5.74) is 1.41. The summed E-state index contributed by atoms with van der Waals surface area (Å²) in [5.74, 6) is -0.115. The number of nitrogens with zero attached hydrogens (tertiary/aromatic N) is 6. The van der Waals surface area contributed by atoms with Crippen molar-refractivity contribution in [2.45, 2.75) is 19.0 Å². The highest BCUT2D eigenvalue weighted by Crippen LogP contribution is 2.18. The Morgan fingerprint density at radius 3 is 2.80 bits per heavy atom. The zero-order chi connectivity index (χ0) is 18.0. The summed E-state index contributed by atoms with van der Waals surface area (Å²) >= 11 is 0. The molecule has 25 heavy (non-hydrogen) atoms. The third-order valence-corrected chi connectivity index (χ3v) is 4.13. The highest BCUT2D eigenvalue weighted by molar-refractivity contribution is 5.93. The number of carbonyl (C=O) groups is 1. The van der Waals surface area contributed by atoms with Crippen molar-refractivity contribution < 1.29 is 9.18 Å². The molecule has 1 atom stereocenters. The van der Waals surface area contributed by atoms with Crippen LogP contribution in [0, 0.1) is 5.82 Å². The van der Waals surface area contributed by atoms with Crippen LogP contribution in [0.4, 0.5) is 10.3 Å². The number of halogens is 1. The van der Waals surface area contributed by atoms with Crippen molar-refractivity contribution in [3.8, 4) is 0 Å². The summed E-state index contributed by atoms with van der Waals surface area (Å²) in [6.07, 6.45) is 5.12.